The van der Waals surface area contributed by atoms with Gasteiger partial charge in [-0.05, 0) is 38.6 Å². The summed E-state index contributed by atoms with van der Waals surface area (Å²) in [6, 6.07) is 5.91. The predicted octanol–water partition coefficient (Wildman–Crippen LogP) is 2.39. The first-order valence-electron chi connectivity index (χ1n) is 7.31. The zero-order valence-corrected chi connectivity index (χ0v) is 12.9. The van der Waals surface area contributed by atoms with Crippen molar-refractivity contribution in [3.63, 3.8) is 0 Å². The summed E-state index contributed by atoms with van der Waals surface area (Å²) in [6.07, 6.45) is 2.69. The zero-order chi connectivity index (χ0) is 15.2. The number of benzene rings is 1. The molecule has 1 aromatic heterocycles. The number of ether oxygens (including phenoxy) is 2. The highest BCUT2D eigenvalue weighted by molar-refractivity contribution is 5.62. The van der Waals surface area contributed by atoms with Crippen LogP contribution in [0.15, 0.2) is 24.4 Å². The Morgan fingerprint density at radius 1 is 1.14 bits per heavy atom. The topological polar surface area (TPSA) is 62.3 Å². The number of nitrogens with zero attached hydrogens (tertiary/aromatic N) is 2. The molecule has 0 aliphatic rings. The third-order valence-corrected chi connectivity index (χ3v) is 3.29. The minimum absolute atomic E-state index is 0.600. The molecule has 0 aliphatic carbocycles. The largest absolute Gasteiger partial charge is 0.490 e. The van der Waals surface area contributed by atoms with Gasteiger partial charge in [0.2, 0.25) is 0 Å². The van der Waals surface area contributed by atoms with E-state index in [9.17, 15) is 0 Å². The van der Waals surface area contributed by atoms with Crippen molar-refractivity contribution >= 4 is 0 Å². The fourth-order valence-electron chi connectivity index (χ4n) is 2.28. The SMILES string of the molecule is CCOc1ccc(-c2ncc(CCN)n2C)cc1OCC. The van der Waals surface area contributed by atoms with Crippen LogP contribution in [0.4, 0.5) is 0 Å². The summed E-state index contributed by atoms with van der Waals surface area (Å²) in [5, 5.41) is 0. The number of aromatic nitrogens is 2. The molecule has 1 aromatic carbocycles. The van der Waals surface area contributed by atoms with Crippen LogP contribution >= 0.6 is 0 Å². The van der Waals surface area contributed by atoms with Gasteiger partial charge in [0, 0.05) is 30.9 Å². The van der Waals surface area contributed by atoms with Crippen LogP contribution in [0.2, 0.25) is 0 Å². The van der Waals surface area contributed by atoms with Crippen LogP contribution < -0.4 is 15.2 Å². The molecular weight excluding hydrogens is 266 g/mol. The van der Waals surface area contributed by atoms with Gasteiger partial charge in [-0.1, -0.05) is 0 Å². The minimum atomic E-state index is 0.600. The second kappa shape index (κ2) is 7.13. The first-order chi connectivity index (χ1) is 10.2. The van der Waals surface area contributed by atoms with Crippen molar-refractivity contribution < 1.29 is 9.47 Å². The van der Waals surface area contributed by atoms with Crippen molar-refractivity contribution in [1.29, 1.82) is 0 Å². The van der Waals surface area contributed by atoms with Gasteiger partial charge in [0.1, 0.15) is 5.82 Å². The normalized spacial score (nSPS) is 10.7. The summed E-state index contributed by atoms with van der Waals surface area (Å²) in [5.74, 6) is 2.42. The molecular formula is C16H23N3O2. The highest BCUT2D eigenvalue weighted by Gasteiger charge is 2.12. The molecule has 114 valence electrons. The van der Waals surface area contributed by atoms with E-state index in [0.29, 0.717) is 19.8 Å². The first-order valence-corrected chi connectivity index (χ1v) is 7.31. The van der Waals surface area contributed by atoms with Gasteiger partial charge in [-0.15, -0.1) is 0 Å². The maximum Gasteiger partial charge on any atom is 0.161 e. The molecule has 0 saturated carbocycles. The lowest BCUT2D eigenvalue weighted by atomic mass is 10.2. The molecule has 0 bridgehead atoms. The van der Waals surface area contributed by atoms with E-state index in [2.05, 4.69) is 9.55 Å². The molecule has 0 radical (unpaired) electrons. The van der Waals surface area contributed by atoms with Crippen molar-refractivity contribution in [3.05, 3.63) is 30.1 Å². The number of hydrogen-bond acceptors (Lipinski definition) is 4. The molecule has 0 atom stereocenters. The van der Waals surface area contributed by atoms with Crippen LogP contribution in [0, 0.1) is 0 Å². The molecule has 0 aliphatic heterocycles. The quantitative estimate of drug-likeness (QED) is 0.850. The van der Waals surface area contributed by atoms with E-state index < -0.39 is 0 Å². The molecule has 5 nitrogen and oxygen atoms in total. The second-order valence-corrected chi connectivity index (χ2v) is 4.70. The van der Waals surface area contributed by atoms with Gasteiger partial charge in [0.25, 0.3) is 0 Å². The molecule has 0 unspecified atom stereocenters. The number of imidazole rings is 1. The second-order valence-electron chi connectivity index (χ2n) is 4.70. The third-order valence-electron chi connectivity index (χ3n) is 3.29. The van der Waals surface area contributed by atoms with Crippen LogP contribution in [0.3, 0.4) is 0 Å². The molecule has 0 amide bonds. The Balaban J connectivity index is 2.37. The van der Waals surface area contributed by atoms with E-state index in [-0.39, 0.29) is 0 Å². The van der Waals surface area contributed by atoms with Crippen molar-refractivity contribution in [1.82, 2.24) is 9.55 Å². The Bertz CT molecular complexity index is 593. The summed E-state index contributed by atoms with van der Waals surface area (Å²) < 4.78 is 13.3. The average Bonchev–Trinajstić information content (AvgIpc) is 2.83. The van der Waals surface area contributed by atoms with Gasteiger partial charge >= 0.3 is 0 Å². The summed E-state index contributed by atoms with van der Waals surface area (Å²) in [7, 11) is 2.00. The Morgan fingerprint density at radius 3 is 2.52 bits per heavy atom. The van der Waals surface area contributed by atoms with Gasteiger partial charge in [-0.25, -0.2) is 4.98 Å². The molecule has 0 fully saturated rings. The van der Waals surface area contributed by atoms with E-state index in [4.69, 9.17) is 15.2 Å². The van der Waals surface area contributed by atoms with Crippen molar-refractivity contribution in [2.75, 3.05) is 19.8 Å². The lowest BCUT2D eigenvalue weighted by Crippen LogP contribution is -2.07. The maximum atomic E-state index is 5.66. The van der Waals surface area contributed by atoms with Crippen LogP contribution in [0.1, 0.15) is 19.5 Å². The van der Waals surface area contributed by atoms with Gasteiger partial charge in [-0.2, -0.15) is 0 Å². The van der Waals surface area contributed by atoms with Crippen LogP contribution in [0.5, 0.6) is 11.5 Å². The summed E-state index contributed by atoms with van der Waals surface area (Å²) >= 11 is 0. The van der Waals surface area contributed by atoms with Crippen LogP contribution in [0.25, 0.3) is 11.4 Å². The van der Waals surface area contributed by atoms with E-state index in [1.165, 1.54) is 0 Å². The fraction of sp³-hybridized carbons (Fsp3) is 0.438. The Morgan fingerprint density at radius 2 is 1.86 bits per heavy atom. The molecule has 0 spiro atoms. The van der Waals surface area contributed by atoms with Crippen LogP contribution in [-0.4, -0.2) is 29.3 Å². The Labute approximate surface area is 125 Å². The van der Waals surface area contributed by atoms with E-state index in [0.717, 1.165) is 35.0 Å². The van der Waals surface area contributed by atoms with Gasteiger partial charge in [-0.3, -0.25) is 0 Å². The molecule has 2 rings (SSSR count). The lowest BCUT2D eigenvalue weighted by molar-refractivity contribution is 0.288. The van der Waals surface area contributed by atoms with Crippen molar-refractivity contribution in [3.8, 4) is 22.9 Å². The molecule has 2 aromatic rings. The minimum Gasteiger partial charge on any atom is -0.490 e. The molecule has 21 heavy (non-hydrogen) atoms. The monoisotopic (exact) mass is 289 g/mol. The maximum absolute atomic E-state index is 5.66. The van der Waals surface area contributed by atoms with Gasteiger partial charge < -0.3 is 19.8 Å². The summed E-state index contributed by atoms with van der Waals surface area (Å²) in [6.45, 7) is 5.75. The van der Waals surface area contributed by atoms with E-state index in [1.807, 2.05) is 45.3 Å². The average molecular weight is 289 g/mol. The van der Waals surface area contributed by atoms with Crippen LogP contribution in [-0.2, 0) is 13.5 Å². The smallest absolute Gasteiger partial charge is 0.161 e. The molecule has 0 saturated heterocycles. The fourth-order valence-corrected chi connectivity index (χ4v) is 2.28. The standard InChI is InChI=1S/C16H23N3O2/c1-4-20-14-7-6-12(10-15(14)21-5-2)16-18-11-13(8-9-17)19(16)3/h6-7,10-11H,4-5,8-9,17H2,1-3H3. The molecule has 2 N–H and O–H groups in total. The number of hydrogen-bond donors (Lipinski definition) is 1. The Kier molecular flexibility index (Phi) is 5.22. The third kappa shape index (κ3) is 3.36. The Hall–Kier alpha value is -2.01. The van der Waals surface area contributed by atoms with Gasteiger partial charge in [0.05, 0.1) is 13.2 Å². The number of nitrogens with two attached hydrogens (primary N) is 1. The van der Waals surface area contributed by atoms with Crippen molar-refractivity contribution in [2.45, 2.75) is 20.3 Å². The number of rotatable bonds is 7. The highest BCUT2D eigenvalue weighted by Crippen LogP contribution is 2.32. The van der Waals surface area contributed by atoms with E-state index >= 15 is 0 Å². The first kappa shape index (κ1) is 15.4. The van der Waals surface area contributed by atoms with Gasteiger partial charge in [0.15, 0.2) is 11.5 Å². The molecule has 5 heteroatoms. The lowest BCUT2D eigenvalue weighted by Gasteiger charge is -2.12. The highest BCUT2D eigenvalue weighted by atomic mass is 16.5. The summed E-state index contributed by atoms with van der Waals surface area (Å²) in [5.41, 5.74) is 7.75. The van der Waals surface area contributed by atoms with Crippen molar-refractivity contribution in [2.24, 2.45) is 12.8 Å². The zero-order valence-electron chi connectivity index (χ0n) is 12.9. The van der Waals surface area contributed by atoms with E-state index in [1.54, 1.807) is 0 Å². The predicted molar refractivity (Wildman–Crippen MR) is 83.7 cm³/mol. The summed E-state index contributed by atoms with van der Waals surface area (Å²) in [4.78, 5) is 4.49. The molecule has 1 heterocycles.